The van der Waals surface area contributed by atoms with Gasteiger partial charge < -0.3 is 14.5 Å². The molecule has 5 rings (SSSR count). The highest BCUT2D eigenvalue weighted by molar-refractivity contribution is 5.98. The minimum atomic E-state index is -4.29. The molecule has 1 fully saturated rings. The highest BCUT2D eigenvalue weighted by Gasteiger charge is 2.30. The summed E-state index contributed by atoms with van der Waals surface area (Å²) < 4.78 is 42.6. The summed E-state index contributed by atoms with van der Waals surface area (Å²) in [6.45, 7) is 8.26. The minimum Gasteiger partial charge on any atom is -0.328 e. The van der Waals surface area contributed by atoms with Gasteiger partial charge >= 0.3 is 6.18 Å². The van der Waals surface area contributed by atoms with E-state index in [2.05, 4.69) is 57.1 Å². The monoisotopic (exact) mass is 564 g/mol. The molecule has 1 saturated heterocycles. The van der Waals surface area contributed by atoms with Crippen LogP contribution in [0, 0.1) is 18.3 Å². The van der Waals surface area contributed by atoms with Crippen LogP contribution in [-0.4, -0.2) is 54.4 Å². The van der Waals surface area contributed by atoms with E-state index in [0.29, 0.717) is 43.3 Å². The molecule has 0 atom stereocenters. The van der Waals surface area contributed by atoms with E-state index >= 15 is 0 Å². The van der Waals surface area contributed by atoms with Gasteiger partial charge in [-0.25, -0.2) is 4.98 Å². The summed E-state index contributed by atoms with van der Waals surface area (Å²) in [7, 11) is 0. The van der Waals surface area contributed by atoms with Crippen molar-refractivity contribution in [3.8, 4) is 6.07 Å². The molecule has 4 heterocycles. The minimum absolute atomic E-state index is 0.0872. The number of imidazole rings is 1. The number of likely N-dealkylation sites (tertiary alicyclic amines) is 1. The standard InChI is InChI=1S/C29H31F3N8O/c1-3-28(41)37-27-16-34-26(6-9-29(30,31)32)40(27)22-7-10-38(11-8-22)18-21-4-5-25-24(19(21)2)12-23(13-33)39(25)17-20-14-35-36-15-20/h3-5,12,14-16,22H,1,6-11,17-18H2,2H3,(H,35,36)(H,37,41). The molecule has 4 aromatic rings. The van der Waals surface area contributed by atoms with E-state index in [0.717, 1.165) is 46.8 Å². The average molecular weight is 565 g/mol. The van der Waals surface area contributed by atoms with Gasteiger partial charge in [0.1, 0.15) is 23.4 Å². The molecular weight excluding hydrogens is 533 g/mol. The van der Waals surface area contributed by atoms with Crippen molar-refractivity contribution in [3.05, 3.63) is 77.7 Å². The smallest absolute Gasteiger partial charge is 0.328 e. The van der Waals surface area contributed by atoms with Crippen molar-refractivity contribution in [2.45, 2.75) is 57.9 Å². The highest BCUT2D eigenvalue weighted by atomic mass is 19.4. The Morgan fingerprint density at radius 3 is 2.71 bits per heavy atom. The predicted octanol–water partition coefficient (Wildman–Crippen LogP) is 5.25. The number of aromatic nitrogens is 5. The zero-order chi connectivity index (χ0) is 29.1. The highest BCUT2D eigenvalue weighted by Crippen LogP contribution is 2.32. The van der Waals surface area contributed by atoms with Crippen molar-refractivity contribution in [1.29, 1.82) is 5.26 Å². The van der Waals surface area contributed by atoms with Crippen molar-refractivity contribution in [2.75, 3.05) is 18.4 Å². The number of nitriles is 1. The van der Waals surface area contributed by atoms with Gasteiger partial charge in [-0.3, -0.25) is 14.8 Å². The van der Waals surface area contributed by atoms with Gasteiger partial charge in [0.2, 0.25) is 5.91 Å². The number of anilines is 1. The SMILES string of the molecule is C=CC(=O)Nc1cnc(CCC(F)(F)F)n1C1CCN(Cc2ccc3c(cc(C#N)n3Cc3cn[nH]c3)c2C)CC1. The molecule has 1 amide bonds. The Balaban J connectivity index is 1.31. The molecule has 2 N–H and O–H groups in total. The van der Waals surface area contributed by atoms with E-state index in [1.54, 1.807) is 10.8 Å². The van der Waals surface area contributed by atoms with Crippen molar-refractivity contribution in [1.82, 2.24) is 29.2 Å². The molecule has 0 bridgehead atoms. The first-order valence-corrected chi connectivity index (χ1v) is 13.4. The second kappa shape index (κ2) is 11.6. The van der Waals surface area contributed by atoms with Crippen LogP contribution in [0.4, 0.5) is 19.0 Å². The number of piperidine rings is 1. The number of rotatable bonds is 9. The first kappa shape index (κ1) is 28.2. The number of benzene rings is 1. The van der Waals surface area contributed by atoms with Gasteiger partial charge in [0.25, 0.3) is 0 Å². The fourth-order valence-corrected chi connectivity index (χ4v) is 5.59. The van der Waals surface area contributed by atoms with Crippen LogP contribution in [0.25, 0.3) is 10.9 Å². The molecule has 3 aromatic heterocycles. The Morgan fingerprint density at radius 2 is 2.05 bits per heavy atom. The largest absolute Gasteiger partial charge is 0.389 e. The Bertz CT molecular complexity index is 1580. The van der Waals surface area contributed by atoms with Gasteiger partial charge in [-0.1, -0.05) is 12.6 Å². The number of aryl methyl sites for hydroxylation is 2. The normalized spacial score (nSPS) is 14.8. The molecule has 0 aliphatic carbocycles. The van der Waals surface area contributed by atoms with Crippen LogP contribution in [0.1, 0.15) is 53.5 Å². The topological polar surface area (TPSA) is 108 Å². The maximum Gasteiger partial charge on any atom is 0.389 e. The molecule has 0 unspecified atom stereocenters. The Morgan fingerprint density at radius 1 is 1.27 bits per heavy atom. The fourth-order valence-electron chi connectivity index (χ4n) is 5.59. The zero-order valence-electron chi connectivity index (χ0n) is 22.7. The van der Waals surface area contributed by atoms with Gasteiger partial charge in [0.05, 0.1) is 25.4 Å². The molecule has 0 radical (unpaired) electrons. The number of nitrogens with zero attached hydrogens (tertiary/aromatic N) is 6. The number of alkyl halides is 3. The van der Waals surface area contributed by atoms with Crippen LogP contribution in [0.15, 0.2) is 49.4 Å². The third kappa shape index (κ3) is 6.20. The Labute approximate surface area is 235 Å². The Kier molecular flexibility index (Phi) is 7.99. The molecule has 9 nitrogen and oxygen atoms in total. The summed E-state index contributed by atoms with van der Waals surface area (Å²) in [4.78, 5) is 18.5. The molecule has 0 saturated carbocycles. The van der Waals surface area contributed by atoms with Crippen molar-refractivity contribution >= 4 is 22.6 Å². The second-order valence-electron chi connectivity index (χ2n) is 10.4. The number of amides is 1. The van der Waals surface area contributed by atoms with Crippen molar-refractivity contribution in [3.63, 3.8) is 0 Å². The van der Waals surface area contributed by atoms with Crippen LogP contribution in [-0.2, 0) is 24.3 Å². The van der Waals surface area contributed by atoms with Gasteiger partial charge in [-0.2, -0.15) is 23.5 Å². The van der Waals surface area contributed by atoms with E-state index in [9.17, 15) is 23.2 Å². The zero-order valence-corrected chi connectivity index (χ0v) is 22.7. The number of carbonyl (C=O) groups excluding carboxylic acids is 1. The fraction of sp³-hybridized carbons (Fsp3) is 0.379. The number of carbonyl (C=O) groups is 1. The van der Waals surface area contributed by atoms with E-state index in [4.69, 9.17) is 0 Å². The lowest BCUT2D eigenvalue weighted by Gasteiger charge is -2.34. The number of hydrogen-bond acceptors (Lipinski definition) is 5. The Hall–Kier alpha value is -4.37. The molecule has 12 heteroatoms. The van der Waals surface area contributed by atoms with Crippen molar-refractivity contribution < 1.29 is 18.0 Å². The van der Waals surface area contributed by atoms with Gasteiger partial charge in [0.15, 0.2) is 0 Å². The lowest BCUT2D eigenvalue weighted by molar-refractivity contribution is -0.134. The first-order chi connectivity index (χ1) is 19.7. The summed E-state index contributed by atoms with van der Waals surface area (Å²) in [6.07, 6.45) is 1.99. The van der Waals surface area contributed by atoms with E-state index < -0.39 is 18.5 Å². The third-order valence-electron chi connectivity index (χ3n) is 7.74. The molecule has 0 spiro atoms. The number of aromatic amines is 1. The summed E-state index contributed by atoms with van der Waals surface area (Å²) in [5.41, 5.74) is 4.83. The second-order valence-corrected chi connectivity index (χ2v) is 10.4. The average Bonchev–Trinajstić information content (AvgIpc) is 3.69. The van der Waals surface area contributed by atoms with Crippen LogP contribution >= 0.6 is 0 Å². The van der Waals surface area contributed by atoms with Crippen LogP contribution in [0.5, 0.6) is 0 Å². The summed E-state index contributed by atoms with van der Waals surface area (Å²) in [5, 5.41) is 20.3. The molecule has 1 aliphatic rings. The van der Waals surface area contributed by atoms with Crippen LogP contribution < -0.4 is 5.32 Å². The number of hydrogen-bond donors (Lipinski definition) is 2. The number of nitrogens with one attached hydrogen (secondary N) is 2. The lowest BCUT2D eigenvalue weighted by atomic mass is 10.0. The molecule has 214 valence electrons. The van der Waals surface area contributed by atoms with E-state index in [1.807, 2.05) is 16.8 Å². The summed E-state index contributed by atoms with van der Waals surface area (Å²) in [5.74, 6) is 0.268. The summed E-state index contributed by atoms with van der Waals surface area (Å²) >= 11 is 0. The van der Waals surface area contributed by atoms with Gasteiger partial charge in [-0.05, 0) is 49.1 Å². The third-order valence-corrected chi connectivity index (χ3v) is 7.74. The number of fused-ring (bicyclic) bond motifs is 1. The number of H-pyrrole nitrogens is 1. The number of halogens is 3. The maximum atomic E-state index is 13.0. The van der Waals surface area contributed by atoms with Crippen LogP contribution in [0.2, 0.25) is 0 Å². The maximum absolute atomic E-state index is 13.0. The molecule has 41 heavy (non-hydrogen) atoms. The first-order valence-electron chi connectivity index (χ1n) is 13.4. The lowest BCUT2D eigenvalue weighted by Crippen LogP contribution is -2.35. The molecular formula is C29H31F3N8O. The predicted molar refractivity (Wildman–Crippen MR) is 148 cm³/mol. The van der Waals surface area contributed by atoms with Gasteiger partial charge in [0, 0.05) is 54.8 Å². The van der Waals surface area contributed by atoms with Crippen molar-refractivity contribution in [2.24, 2.45) is 0 Å². The molecule has 1 aliphatic heterocycles. The molecule has 1 aromatic carbocycles. The summed E-state index contributed by atoms with van der Waals surface area (Å²) in [6, 6.07) is 8.31. The van der Waals surface area contributed by atoms with Gasteiger partial charge in [-0.15, -0.1) is 0 Å². The van der Waals surface area contributed by atoms with E-state index in [1.165, 1.54) is 6.20 Å². The van der Waals surface area contributed by atoms with Crippen LogP contribution in [0.3, 0.4) is 0 Å². The quantitative estimate of drug-likeness (QED) is 0.270. The van der Waals surface area contributed by atoms with E-state index in [-0.39, 0.29) is 12.5 Å².